The average Bonchev–Trinajstić information content (AvgIpc) is 2.46. The molecule has 0 amide bonds. The third kappa shape index (κ3) is 4.31. The SMILES string of the molecule is CCCNc1ncc(S(=O)(=O)N(CC)C(C)CC)cc1Cl. The van der Waals surface area contributed by atoms with Crippen LogP contribution in [-0.4, -0.2) is 36.8 Å². The van der Waals surface area contributed by atoms with E-state index in [1.807, 2.05) is 27.7 Å². The Morgan fingerprint density at radius 3 is 2.52 bits per heavy atom. The van der Waals surface area contributed by atoms with Crippen LogP contribution in [0, 0.1) is 0 Å². The second kappa shape index (κ2) is 7.96. The lowest BCUT2D eigenvalue weighted by Crippen LogP contribution is -2.38. The van der Waals surface area contributed by atoms with Gasteiger partial charge in [0.2, 0.25) is 10.0 Å². The van der Waals surface area contributed by atoms with Crippen molar-refractivity contribution in [2.45, 2.75) is 51.5 Å². The van der Waals surface area contributed by atoms with Crippen molar-refractivity contribution in [3.8, 4) is 0 Å². The largest absolute Gasteiger partial charge is 0.369 e. The molecule has 21 heavy (non-hydrogen) atoms. The molecule has 1 aromatic heterocycles. The highest BCUT2D eigenvalue weighted by atomic mass is 35.5. The van der Waals surface area contributed by atoms with E-state index < -0.39 is 10.0 Å². The summed E-state index contributed by atoms with van der Waals surface area (Å²) in [7, 11) is -3.56. The van der Waals surface area contributed by atoms with Crippen molar-refractivity contribution in [3.63, 3.8) is 0 Å². The first kappa shape index (κ1) is 18.2. The molecular formula is C14H24ClN3O2S. The van der Waals surface area contributed by atoms with Gasteiger partial charge in [-0.25, -0.2) is 13.4 Å². The van der Waals surface area contributed by atoms with Crippen molar-refractivity contribution < 1.29 is 8.42 Å². The van der Waals surface area contributed by atoms with Crippen LogP contribution in [0.3, 0.4) is 0 Å². The van der Waals surface area contributed by atoms with Gasteiger partial charge in [0.25, 0.3) is 0 Å². The summed E-state index contributed by atoms with van der Waals surface area (Å²) < 4.78 is 26.8. The van der Waals surface area contributed by atoms with Crippen LogP contribution in [0.4, 0.5) is 5.82 Å². The van der Waals surface area contributed by atoms with Crippen molar-refractivity contribution >= 4 is 27.4 Å². The van der Waals surface area contributed by atoms with Gasteiger partial charge in [0.05, 0.1) is 5.02 Å². The van der Waals surface area contributed by atoms with Crippen LogP contribution in [0.5, 0.6) is 0 Å². The van der Waals surface area contributed by atoms with E-state index in [2.05, 4.69) is 10.3 Å². The highest BCUT2D eigenvalue weighted by Crippen LogP contribution is 2.25. The van der Waals surface area contributed by atoms with Gasteiger partial charge in [0, 0.05) is 25.3 Å². The zero-order valence-corrected chi connectivity index (χ0v) is 14.6. The highest BCUT2D eigenvalue weighted by Gasteiger charge is 2.27. The first-order valence-electron chi connectivity index (χ1n) is 7.29. The Kier molecular flexibility index (Phi) is 6.90. The van der Waals surface area contributed by atoms with E-state index in [9.17, 15) is 8.42 Å². The maximum absolute atomic E-state index is 12.6. The fourth-order valence-corrected chi connectivity index (χ4v) is 3.98. The lowest BCUT2D eigenvalue weighted by Gasteiger charge is -2.26. The number of aromatic nitrogens is 1. The minimum absolute atomic E-state index is 0.0586. The molecule has 0 aliphatic carbocycles. The maximum Gasteiger partial charge on any atom is 0.244 e. The number of hydrogen-bond acceptors (Lipinski definition) is 4. The summed E-state index contributed by atoms with van der Waals surface area (Å²) in [6.45, 7) is 8.89. The smallest absolute Gasteiger partial charge is 0.244 e. The van der Waals surface area contributed by atoms with Crippen molar-refractivity contribution in [3.05, 3.63) is 17.3 Å². The number of anilines is 1. The first-order chi connectivity index (χ1) is 9.88. The molecule has 0 bridgehead atoms. The molecule has 0 aliphatic heterocycles. The number of sulfonamides is 1. The molecule has 1 unspecified atom stereocenters. The monoisotopic (exact) mass is 333 g/mol. The lowest BCUT2D eigenvalue weighted by molar-refractivity contribution is 0.342. The standard InChI is InChI=1S/C14H24ClN3O2S/c1-5-8-16-14-13(15)9-12(10-17-14)21(19,20)18(7-3)11(4)6-2/h9-11H,5-8H2,1-4H3,(H,16,17). The van der Waals surface area contributed by atoms with Crippen LogP contribution < -0.4 is 5.32 Å². The van der Waals surface area contributed by atoms with E-state index in [1.165, 1.54) is 16.6 Å². The second-order valence-corrected chi connectivity index (χ2v) is 7.19. The van der Waals surface area contributed by atoms with Gasteiger partial charge >= 0.3 is 0 Å². The van der Waals surface area contributed by atoms with Gasteiger partial charge in [-0.1, -0.05) is 32.4 Å². The summed E-state index contributed by atoms with van der Waals surface area (Å²) in [5, 5.41) is 3.39. The molecule has 0 saturated carbocycles. The molecule has 1 rings (SSSR count). The van der Waals surface area contributed by atoms with Crippen LogP contribution in [0.1, 0.15) is 40.5 Å². The Labute approximate surface area is 132 Å². The quantitative estimate of drug-likeness (QED) is 0.792. The van der Waals surface area contributed by atoms with Crippen molar-refractivity contribution in [1.29, 1.82) is 0 Å². The zero-order chi connectivity index (χ0) is 16.0. The van der Waals surface area contributed by atoms with Crippen molar-refractivity contribution in [2.75, 3.05) is 18.4 Å². The minimum atomic E-state index is -3.56. The molecule has 0 aliphatic rings. The van der Waals surface area contributed by atoms with Crippen LogP contribution >= 0.6 is 11.6 Å². The third-order valence-corrected chi connectivity index (χ3v) is 5.70. The van der Waals surface area contributed by atoms with E-state index in [4.69, 9.17) is 11.6 Å². The maximum atomic E-state index is 12.6. The van der Waals surface area contributed by atoms with Gasteiger partial charge < -0.3 is 5.32 Å². The third-order valence-electron chi connectivity index (χ3n) is 3.36. The number of halogens is 1. The Morgan fingerprint density at radius 1 is 1.38 bits per heavy atom. The number of nitrogens with one attached hydrogen (secondary N) is 1. The molecule has 1 aromatic rings. The molecule has 0 fully saturated rings. The summed E-state index contributed by atoms with van der Waals surface area (Å²) >= 11 is 6.12. The molecule has 1 N–H and O–H groups in total. The number of rotatable bonds is 8. The van der Waals surface area contributed by atoms with Gasteiger partial charge in [0.15, 0.2) is 0 Å². The Bertz CT molecular complexity index is 563. The average molecular weight is 334 g/mol. The molecular weight excluding hydrogens is 310 g/mol. The van der Waals surface area contributed by atoms with E-state index in [0.29, 0.717) is 17.4 Å². The fraction of sp³-hybridized carbons (Fsp3) is 0.643. The normalized spacial score (nSPS) is 13.4. The molecule has 120 valence electrons. The molecule has 0 radical (unpaired) electrons. The summed E-state index contributed by atoms with van der Waals surface area (Å²) in [5.74, 6) is 0.518. The highest BCUT2D eigenvalue weighted by molar-refractivity contribution is 7.89. The summed E-state index contributed by atoms with van der Waals surface area (Å²) in [6.07, 6.45) is 3.06. The van der Waals surface area contributed by atoms with Gasteiger partial charge in [-0.3, -0.25) is 0 Å². The fourth-order valence-electron chi connectivity index (χ4n) is 1.99. The summed E-state index contributed by atoms with van der Waals surface area (Å²) in [5.41, 5.74) is 0. The van der Waals surface area contributed by atoms with Crippen LogP contribution in [0.15, 0.2) is 17.2 Å². The van der Waals surface area contributed by atoms with Gasteiger partial charge in [-0.15, -0.1) is 0 Å². The molecule has 0 spiro atoms. The number of hydrogen-bond donors (Lipinski definition) is 1. The van der Waals surface area contributed by atoms with E-state index in [1.54, 1.807) is 0 Å². The van der Waals surface area contributed by atoms with Gasteiger partial charge in [-0.2, -0.15) is 4.31 Å². The molecule has 7 heteroatoms. The van der Waals surface area contributed by atoms with Crippen molar-refractivity contribution in [2.24, 2.45) is 0 Å². The molecule has 5 nitrogen and oxygen atoms in total. The topological polar surface area (TPSA) is 62.3 Å². The summed E-state index contributed by atoms with van der Waals surface area (Å²) in [6, 6.07) is 1.41. The van der Waals surface area contributed by atoms with E-state index >= 15 is 0 Å². The van der Waals surface area contributed by atoms with Gasteiger partial charge in [0.1, 0.15) is 10.7 Å². The predicted molar refractivity (Wildman–Crippen MR) is 87.3 cm³/mol. The number of pyridine rings is 1. The van der Waals surface area contributed by atoms with Crippen LogP contribution in [0.2, 0.25) is 5.02 Å². The Hall–Kier alpha value is -0.850. The number of nitrogens with zero attached hydrogens (tertiary/aromatic N) is 2. The predicted octanol–water partition coefficient (Wildman–Crippen LogP) is 3.37. The van der Waals surface area contributed by atoms with E-state index in [-0.39, 0.29) is 10.9 Å². The van der Waals surface area contributed by atoms with E-state index in [0.717, 1.165) is 19.4 Å². The second-order valence-electron chi connectivity index (χ2n) is 4.89. The molecule has 0 saturated heterocycles. The lowest BCUT2D eigenvalue weighted by atomic mass is 10.3. The molecule has 1 atom stereocenters. The zero-order valence-electron chi connectivity index (χ0n) is 13.1. The van der Waals surface area contributed by atoms with Crippen LogP contribution in [-0.2, 0) is 10.0 Å². The van der Waals surface area contributed by atoms with Crippen LogP contribution in [0.25, 0.3) is 0 Å². The first-order valence-corrected chi connectivity index (χ1v) is 9.11. The Balaban J connectivity index is 3.11. The minimum Gasteiger partial charge on any atom is -0.369 e. The van der Waals surface area contributed by atoms with Gasteiger partial charge in [-0.05, 0) is 25.8 Å². The molecule has 1 heterocycles. The molecule has 0 aromatic carbocycles. The van der Waals surface area contributed by atoms with Crippen molar-refractivity contribution in [1.82, 2.24) is 9.29 Å². The Morgan fingerprint density at radius 2 is 2.05 bits per heavy atom. The summed E-state index contributed by atoms with van der Waals surface area (Å²) in [4.78, 5) is 4.27.